The van der Waals surface area contributed by atoms with Crippen molar-refractivity contribution in [2.75, 3.05) is 13.0 Å². The maximum Gasteiger partial charge on any atom is 0.337 e. The molecule has 0 aliphatic heterocycles. The Morgan fingerprint density at radius 1 is 1.10 bits per heavy atom. The molecule has 0 unspecified atom stereocenters. The van der Waals surface area contributed by atoms with Crippen molar-refractivity contribution in [3.8, 4) is 22.0 Å². The van der Waals surface area contributed by atoms with Gasteiger partial charge in [-0.25, -0.2) is 14.5 Å². The first-order valence-electron chi connectivity index (χ1n) is 9.08. The third kappa shape index (κ3) is 4.22. The molecule has 2 aromatic heterocycles. The lowest BCUT2D eigenvalue weighted by molar-refractivity contribution is 0.0601. The SMILES string of the molecule is COC(=O)c1ccc(-c2nc(CSc3nnc(-c4ccc(C)cc4)n3N)cs2)cc1. The summed E-state index contributed by atoms with van der Waals surface area (Å²) in [4.78, 5) is 16.2. The maximum absolute atomic E-state index is 11.6. The summed E-state index contributed by atoms with van der Waals surface area (Å²) in [5.74, 6) is 7.10. The van der Waals surface area contributed by atoms with E-state index in [0.29, 0.717) is 22.3 Å². The smallest absolute Gasteiger partial charge is 0.337 e. The second kappa shape index (κ2) is 8.68. The molecule has 152 valence electrons. The lowest BCUT2D eigenvalue weighted by Gasteiger charge is -2.03. The number of carbonyl (C=O) groups excluding carboxylic acids is 1. The van der Waals surface area contributed by atoms with Crippen molar-refractivity contribution in [1.82, 2.24) is 19.9 Å². The number of esters is 1. The molecule has 9 heteroatoms. The Balaban J connectivity index is 1.44. The zero-order valence-electron chi connectivity index (χ0n) is 16.4. The summed E-state index contributed by atoms with van der Waals surface area (Å²) in [5, 5.41) is 12.0. The summed E-state index contributed by atoms with van der Waals surface area (Å²) in [6.07, 6.45) is 0. The largest absolute Gasteiger partial charge is 0.465 e. The zero-order chi connectivity index (χ0) is 21.1. The van der Waals surface area contributed by atoms with Gasteiger partial charge in [-0.1, -0.05) is 53.7 Å². The number of carbonyl (C=O) groups is 1. The first-order valence-corrected chi connectivity index (χ1v) is 10.9. The van der Waals surface area contributed by atoms with E-state index in [1.807, 2.05) is 48.7 Å². The number of aryl methyl sites for hydroxylation is 1. The van der Waals surface area contributed by atoms with Crippen molar-refractivity contribution in [1.29, 1.82) is 0 Å². The molecule has 0 radical (unpaired) electrons. The molecule has 2 aromatic carbocycles. The van der Waals surface area contributed by atoms with Crippen molar-refractivity contribution in [2.45, 2.75) is 17.8 Å². The van der Waals surface area contributed by atoms with Crippen molar-refractivity contribution < 1.29 is 9.53 Å². The van der Waals surface area contributed by atoms with Crippen molar-refractivity contribution in [3.63, 3.8) is 0 Å². The van der Waals surface area contributed by atoms with Gasteiger partial charge in [-0.05, 0) is 19.1 Å². The normalized spacial score (nSPS) is 10.9. The lowest BCUT2D eigenvalue weighted by atomic mass is 10.1. The van der Waals surface area contributed by atoms with Crippen LogP contribution in [0.2, 0.25) is 0 Å². The van der Waals surface area contributed by atoms with E-state index in [0.717, 1.165) is 21.8 Å². The van der Waals surface area contributed by atoms with Crippen LogP contribution in [0.15, 0.2) is 59.1 Å². The number of rotatable bonds is 6. The fourth-order valence-corrected chi connectivity index (χ4v) is 4.47. The number of thioether (sulfide) groups is 1. The molecule has 0 saturated carbocycles. The maximum atomic E-state index is 11.6. The van der Waals surface area contributed by atoms with Gasteiger partial charge in [-0.3, -0.25) is 0 Å². The van der Waals surface area contributed by atoms with E-state index >= 15 is 0 Å². The number of aromatic nitrogens is 4. The van der Waals surface area contributed by atoms with Gasteiger partial charge in [-0.15, -0.1) is 21.5 Å². The van der Waals surface area contributed by atoms with E-state index in [-0.39, 0.29) is 5.97 Å². The molecule has 0 aliphatic rings. The van der Waals surface area contributed by atoms with Crippen LogP contribution in [0.25, 0.3) is 22.0 Å². The van der Waals surface area contributed by atoms with E-state index in [1.54, 1.807) is 23.5 Å². The Bertz CT molecular complexity index is 1170. The fourth-order valence-electron chi connectivity index (χ4n) is 2.79. The molecule has 0 saturated heterocycles. The van der Waals surface area contributed by atoms with Crippen LogP contribution in [0, 0.1) is 6.92 Å². The van der Waals surface area contributed by atoms with Gasteiger partial charge in [0.15, 0.2) is 5.82 Å². The molecule has 0 fully saturated rings. The van der Waals surface area contributed by atoms with Crippen LogP contribution in [0.1, 0.15) is 21.6 Å². The van der Waals surface area contributed by atoms with Crippen LogP contribution in [-0.2, 0) is 10.5 Å². The van der Waals surface area contributed by atoms with Gasteiger partial charge < -0.3 is 10.6 Å². The Kier molecular flexibility index (Phi) is 5.82. The van der Waals surface area contributed by atoms with Gasteiger partial charge in [0, 0.05) is 22.3 Å². The van der Waals surface area contributed by atoms with Crippen molar-refractivity contribution in [3.05, 3.63) is 70.7 Å². The Labute approximate surface area is 181 Å². The second-order valence-corrected chi connectivity index (χ2v) is 8.34. The molecule has 0 bridgehead atoms. The minimum atomic E-state index is -0.353. The zero-order valence-corrected chi connectivity index (χ0v) is 18.0. The molecule has 4 aromatic rings. The minimum Gasteiger partial charge on any atom is -0.465 e. The quantitative estimate of drug-likeness (QED) is 0.275. The van der Waals surface area contributed by atoms with Crippen LogP contribution in [0.5, 0.6) is 0 Å². The average Bonchev–Trinajstić information content (AvgIpc) is 3.39. The highest BCUT2D eigenvalue weighted by atomic mass is 32.2. The van der Waals surface area contributed by atoms with E-state index in [1.165, 1.54) is 29.1 Å². The number of ether oxygens (including phenoxy) is 1. The molecule has 0 aliphatic carbocycles. The minimum absolute atomic E-state index is 0.353. The summed E-state index contributed by atoms with van der Waals surface area (Å²) >= 11 is 3.03. The molecular weight excluding hydrogens is 418 g/mol. The second-order valence-electron chi connectivity index (χ2n) is 6.54. The van der Waals surface area contributed by atoms with Gasteiger partial charge in [-0.2, -0.15) is 0 Å². The number of nitrogen functional groups attached to an aromatic ring is 1. The molecule has 7 nitrogen and oxygen atoms in total. The molecular formula is C21H19N5O2S2. The van der Waals surface area contributed by atoms with Gasteiger partial charge >= 0.3 is 5.97 Å². The predicted octanol–water partition coefficient (Wildman–Crippen LogP) is 4.17. The third-order valence-corrected chi connectivity index (χ3v) is 6.34. The van der Waals surface area contributed by atoms with Crippen LogP contribution < -0.4 is 5.84 Å². The number of thiazole rings is 1. The summed E-state index contributed by atoms with van der Waals surface area (Å²) in [5.41, 5.74) is 4.49. The topological polar surface area (TPSA) is 95.9 Å². The van der Waals surface area contributed by atoms with E-state index in [9.17, 15) is 4.79 Å². The Morgan fingerprint density at radius 2 is 1.80 bits per heavy atom. The van der Waals surface area contributed by atoms with Crippen molar-refractivity contribution >= 4 is 29.1 Å². The number of benzene rings is 2. The molecule has 4 rings (SSSR count). The van der Waals surface area contributed by atoms with Crippen LogP contribution in [0.4, 0.5) is 0 Å². The standard InChI is InChI=1S/C21H19N5O2S2/c1-13-3-5-14(6-4-13)18-24-25-21(26(18)22)30-12-17-11-29-19(23-17)15-7-9-16(10-8-15)20(27)28-2/h3-11H,12,22H2,1-2H3. The first-order chi connectivity index (χ1) is 14.5. The van der Waals surface area contributed by atoms with E-state index in [4.69, 9.17) is 10.6 Å². The third-order valence-electron chi connectivity index (χ3n) is 4.43. The van der Waals surface area contributed by atoms with Crippen LogP contribution in [-0.4, -0.2) is 32.9 Å². The summed E-state index contributed by atoms with van der Waals surface area (Å²) < 4.78 is 6.23. The Morgan fingerprint density at radius 3 is 2.50 bits per heavy atom. The van der Waals surface area contributed by atoms with E-state index in [2.05, 4.69) is 15.2 Å². The van der Waals surface area contributed by atoms with E-state index < -0.39 is 0 Å². The molecule has 0 atom stereocenters. The van der Waals surface area contributed by atoms with Crippen LogP contribution in [0.3, 0.4) is 0 Å². The fraction of sp³-hybridized carbons (Fsp3) is 0.143. The van der Waals surface area contributed by atoms with Gasteiger partial charge in [0.25, 0.3) is 0 Å². The van der Waals surface area contributed by atoms with Gasteiger partial charge in [0.05, 0.1) is 18.4 Å². The van der Waals surface area contributed by atoms with Crippen LogP contribution >= 0.6 is 23.1 Å². The highest BCUT2D eigenvalue weighted by Gasteiger charge is 2.14. The molecule has 2 heterocycles. The highest BCUT2D eigenvalue weighted by Crippen LogP contribution is 2.28. The highest BCUT2D eigenvalue weighted by molar-refractivity contribution is 7.98. The molecule has 0 spiro atoms. The van der Waals surface area contributed by atoms with Crippen molar-refractivity contribution in [2.24, 2.45) is 0 Å². The lowest BCUT2D eigenvalue weighted by Crippen LogP contribution is -2.11. The number of nitrogens with two attached hydrogens (primary N) is 1. The first kappa shape index (κ1) is 20.1. The van der Waals surface area contributed by atoms with Gasteiger partial charge in [0.1, 0.15) is 5.01 Å². The number of hydrogen-bond donors (Lipinski definition) is 1. The monoisotopic (exact) mass is 437 g/mol. The van der Waals surface area contributed by atoms with Gasteiger partial charge in [0.2, 0.25) is 5.16 Å². The average molecular weight is 438 g/mol. The Hall–Kier alpha value is -3.17. The molecule has 2 N–H and O–H groups in total. The summed E-state index contributed by atoms with van der Waals surface area (Å²) in [6.45, 7) is 2.04. The summed E-state index contributed by atoms with van der Waals surface area (Å²) in [7, 11) is 1.37. The summed E-state index contributed by atoms with van der Waals surface area (Å²) in [6, 6.07) is 15.2. The number of nitrogens with zero attached hydrogens (tertiary/aromatic N) is 4. The molecule has 30 heavy (non-hydrogen) atoms. The number of hydrogen-bond acceptors (Lipinski definition) is 8. The molecule has 0 amide bonds. The predicted molar refractivity (Wildman–Crippen MR) is 119 cm³/mol. The number of methoxy groups -OCH3 is 1.